The summed E-state index contributed by atoms with van der Waals surface area (Å²) in [5.41, 5.74) is 5.26. The summed E-state index contributed by atoms with van der Waals surface area (Å²) in [7, 11) is 0. The summed E-state index contributed by atoms with van der Waals surface area (Å²) in [6.07, 6.45) is -5.58. The molecule has 14 heavy (non-hydrogen) atoms. The molecular formula is C7H11F3N2O2. The van der Waals surface area contributed by atoms with Crippen molar-refractivity contribution in [2.24, 2.45) is 5.73 Å². The van der Waals surface area contributed by atoms with Crippen molar-refractivity contribution in [1.29, 1.82) is 0 Å². The van der Waals surface area contributed by atoms with Crippen molar-refractivity contribution in [3.05, 3.63) is 0 Å². The van der Waals surface area contributed by atoms with E-state index >= 15 is 0 Å². The topological polar surface area (TPSA) is 55.6 Å². The van der Waals surface area contributed by atoms with E-state index in [1.165, 1.54) is 11.8 Å². The fraction of sp³-hybridized carbons (Fsp3) is 0.857. The molecule has 7 heteroatoms. The van der Waals surface area contributed by atoms with Gasteiger partial charge in [-0.05, 0) is 6.92 Å². The third-order valence-corrected chi connectivity index (χ3v) is 1.85. The van der Waals surface area contributed by atoms with Crippen LogP contribution in [0.15, 0.2) is 0 Å². The first-order chi connectivity index (χ1) is 6.29. The lowest BCUT2D eigenvalue weighted by Crippen LogP contribution is -2.59. The van der Waals surface area contributed by atoms with Crippen molar-refractivity contribution in [2.45, 2.75) is 25.4 Å². The number of rotatable bonds is 2. The summed E-state index contributed by atoms with van der Waals surface area (Å²) in [5, 5.41) is 0. The van der Waals surface area contributed by atoms with Gasteiger partial charge in [-0.2, -0.15) is 0 Å². The third-order valence-electron chi connectivity index (χ3n) is 1.85. The summed E-state index contributed by atoms with van der Waals surface area (Å²) in [6.45, 7) is 1.40. The van der Waals surface area contributed by atoms with E-state index < -0.39 is 18.5 Å². The van der Waals surface area contributed by atoms with E-state index in [0.717, 1.165) is 0 Å². The lowest BCUT2D eigenvalue weighted by molar-refractivity contribution is -0.353. The molecule has 1 aliphatic rings. The van der Waals surface area contributed by atoms with Crippen LogP contribution in [0.2, 0.25) is 0 Å². The van der Waals surface area contributed by atoms with Crippen LogP contribution in [0.5, 0.6) is 0 Å². The quantitative estimate of drug-likeness (QED) is 0.705. The van der Waals surface area contributed by atoms with Crippen molar-refractivity contribution in [2.75, 3.05) is 13.1 Å². The van der Waals surface area contributed by atoms with Gasteiger partial charge in [0.2, 0.25) is 5.91 Å². The molecule has 1 saturated heterocycles. The SMILES string of the molecule is C[C@@H](N)C(=O)N1CC(OC(F)(F)F)C1. The second-order valence-corrected chi connectivity index (χ2v) is 3.22. The zero-order chi connectivity index (χ0) is 10.9. The number of hydrogen-bond acceptors (Lipinski definition) is 3. The van der Waals surface area contributed by atoms with Gasteiger partial charge in [-0.3, -0.25) is 9.53 Å². The Morgan fingerprint density at radius 2 is 2.07 bits per heavy atom. The van der Waals surface area contributed by atoms with Crippen LogP contribution in [0.3, 0.4) is 0 Å². The summed E-state index contributed by atoms with van der Waals surface area (Å²) in [5.74, 6) is -0.355. The number of halogens is 3. The molecule has 0 bridgehead atoms. The van der Waals surface area contributed by atoms with Crippen LogP contribution in [0.4, 0.5) is 13.2 Å². The van der Waals surface area contributed by atoms with Gasteiger partial charge in [-0.1, -0.05) is 0 Å². The Morgan fingerprint density at radius 1 is 1.57 bits per heavy atom. The first-order valence-electron chi connectivity index (χ1n) is 4.08. The van der Waals surface area contributed by atoms with Crippen molar-refractivity contribution < 1.29 is 22.7 Å². The fourth-order valence-corrected chi connectivity index (χ4v) is 1.17. The molecule has 82 valence electrons. The molecule has 0 aromatic rings. The molecule has 1 amide bonds. The average Bonchev–Trinajstić information content (AvgIpc) is 1.92. The molecule has 1 rings (SSSR count). The van der Waals surface area contributed by atoms with Gasteiger partial charge in [-0.25, -0.2) is 0 Å². The van der Waals surface area contributed by atoms with Gasteiger partial charge in [0.05, 0.1) is 6.04 Å². The molecule has 0 unspecified atom stereocenters. The maximum absolute atomic E-state index is 11.7. The predicted octanol–water partition coefficient (Wildman–Crippen LogP) is 0.0808. The van der Waals surface area contributed by atoms with Gasteiger partial charge >= 0.3 is 6.36 Å². The van der Waals surface area contributed by atoms with Crippen molar-refractivity contribution in [3.8, 4) is 0 Å². The molecular weight excluding hydrogens is 201 g/mol. The molecule has 0 aromatic heterocycles. The predicted molar refractivity (Wildman–Crippen MR) is 41.2 cm³/mol. The van der Waals surface area contributed by atoms with E-state index in [9.17, 15) is 18.0 Å². The second-order valence-electron chi connectivity index (χ2n) is 3.22. The van der Waals surface area contributed by atoms with E-state index in [2.05, 4.69) is 4.74 Å². The van der Waals surface area contributed by atoms with Crippen molar-refractivity contribution >= 4 is 5.91 Å². The standard InChI is InChI=1S/C7H11F3N2O2/c1-4(11)6(13)12-2-5(3-12)14-7(8,9)10/h4-5H,2-3,11H2,1H3/t4-/m1/s1. The number of likely N-dealkylation sites (tertiary alicyclic amines) is 1. The van der Waals surface area contributed by atoms with Crippen LogP contribution < -0.4 is 5.73 Å². The highest BCUT2D eigenvalue weighted by molar-refractivity contribution is 5.82. The number of carbonyl (C=O) groups is 1. The Kier molecular flexibility index (Phi) is 3.01. The number of ether oxygens (including phenoxy) is 1. The molecule has 0 radical (unpaired) electrons. The van der Waals surface area contributed by atoms with Crippen LogP contribution in [-0.4, -0.2) is 42.4 Å². The van der Waals surface area contributed by atoms with E-state index in [0.29, 0.717) is 0 Å². The minimum atomic E-state index is -4.63. The average molecular weight is 212 g/mol. The van der Waals surface area contributed by atoms with Crippen LogP contribution in [0, 0.1) is 0 Å². The minimum absolute atomic E-state index is 0.0418. The molecule has 1 fully saturated rings. The maximum atomic E-state index is 11.7. The van der Waals surface area contributed by atoms with Gasteiger partial charge in [0.15, 0.2) is 0 Å². The number of amides is 1. The number of nitrogens with two attached hydrogens (primary N) is 1. The molecule has 0 saturated carbocycles. The summed E-state index contributed by atoms with van der Waals surface area (Å²) in [6, 6.07) is -0.679. The Bertz CT molecular complexity index is 223. The first kappa shape index (κ1) is 11.3. The van der Waals surface area contributed by atoms with Gasteiger partial charge in [0.25, 0.3) is 0 Å². The number of alkyl halides is 3. The zero-order valence-corrected chi connectivity index (χ0v) is 7.54. The third kappa shape index (κ3) is 2.85. The molecule has 1 heterocycles. The highest BCUT2D eigenvalue weighted by atomic mass is 19.4. The van der Waals surface area contributed by atoms with Gasteiger partial charge in [0.1, 0.15) is 6.10 Å². The highest BCUT2D eigenvalue weighted by Gasteiger charge is 2.41. The Hall–Kier alpha value is -0.820. The molecule has 0 aliphatic carbocycles. The Labute approximate surface area is 78.8 Å². The molecule has 2 N–H and O–H groups in total. The maximum Gasteiger partial charge on any atom is 0.522 e. The largest absolute Gasteiger partial charge is 0.522 e. The highest BCUT2D eigenvalue weighted by Crippen LogP contribution is 2.23. The molecule has 0 aromatic carbocycles. The van der Waals surface area contributed by atoms with Crippen LogP contribution in [0.1, 0.15) is 6.92 Å². The van der Waals surface area contributed by atoms with Crippen LogP contribution >= 0.6 is 0 Å². The lowest BCUT2D eigenvalue weighted by Gasteiger charge is -2.39. The van der Waals surface area contributed by atoms with E-state index in [1.54, 1.807) is 0 Å². The summed E-state index contributed by atoms with van der Waals surface area (Å²) < 4.78 is 38.7. The second kappa shape index (κ2) is 3.74. The van der Waals surface area contributed by atoms with Crippen LogP contribution in [-0.2, 0) is 9.53 Å². The number of nitrogens with zero attached hydrogens (tertiary/aromatic N) is 1. The smallest absolute Gasteiger partial charge is 0.336 e. The normalized spacial score (nSPS) is 20.5. The Morgan fingerprint density at radius 3 is 2.43 bits per heavy atom. The molecule has 0 spiro atoms. The summed E-state index contributed by atoms with van der Waals surface area (Å²) >= 11 is 0. The zero-order valence-electron chi connectivity index (χ0n) is 7.54. The van der Waals surface area contributed by atoms with E-state index in [4.69, 9.17) is 5.73 Å². The minimum Gasteiger partial charge on any atom is -0.336 e. The lowest BCUT2D eigenvalue weighted by atomic mass is 10.1. The number of carbonyl (C=O) groups excluding carboxylic acids is 1. The monoisotopic (exact) mass is 212 g/mol. The Balaban J connectivity index is 2.27. The van der Waals surface area contributed by atoms with E-state index in [1.807, 2.05) is 0 Å². The first-order valence-corrected chi connectivity index (χ1v) is 4.08. The molecule has 1 aliphatic heterocycles. The summed E-state index contributed by atoms with van der Waals surface area (Å²) in [4.78, 5) is 12.3. The van der Waals surface area contributed by atoms with Crippen molar-refractivity contribution in [3.63, 3.8) is 0 Å². The van der Waals surface area contributed by atoms with Gasteiger partial charge in [0, 0.05) is 13.1 Å². The number of hydrogen-bond donors (Lipinski definition) is 1. The van der Waals surface area contributed by atoms with Crippen LogP contribution in [0.25, 0.3) is 0 Å². The molecule has 1 atom stereocenters. The van der Waals surface area contributed by atoms with Crippen molar-refractivity contribution in [1.82, 2.24) is 4.90 Å². The van der Waals surface area contributed by atoms with Gasteiger partial charge in [-0.15, -0.1) is 13.2 Å². The molecule has 4 nitrogen and oxygen atoms in total. The van der Waals surface area contributed by atoms with E-state index in [-0.39, 0.29) is 19.0 Å². The fourth-order valence-electron chi connectivity index (χ4n) is 1.17. The van der Waals surface area contributed by atoms with Gasteiger partial charge < -0.3 is 10.6 Å².